The number of nitrogen functional groups attached to an aromatic ring is 1. The van der Waals surface area contributed by atoms with Crippen molar-refractivity contribution in [3.05, 3.63) is 47.2 Å². The van der Waals surface area contributed by atoms with Gasteiger partial charge in [-0.1, -0.05) is 29.5 Å². The van der Waals surface area contributed by atoms with Crippen LogP contribution in [0.15, 0.2) is 40.9 Å². The first-order chi connectivity index (χ1) is 8.24. The Morgan fingerprint density at radius 2 is 2.18 bits per heavy atom. The van der Waals surface area contributed by atoms with Crippen LogP contribution in [0.2, 0.25) is 0 Å². The Morgan fingerprint density at radius 3 is 2.88 bits per heavy atom. The minimum atomic E-state index is -0.808. The fourth-order valence-corrected chi connectivity index (χ4v) is 2.38. The van der Waals surface area contributed by atoms with Crippen molar-refractivity contribution in [1.82, 2.24) is 4.98 Å². The van der Waals surface area contributed by atoms with E-state index >= 15 is 0 Å². The molecule has 0 fully saturated rings. The number of nitrogens with zero attached hydrogens (tertiary/aromatic N) is 1. The summed E-state index contributed by atoms with van der Waals surface area (Å²) in [5.41, 5.74) is 6.30. The lowest BCUT2D eigenvalue weighted by atomic mass is 10.2. The van der Waals surface area contributed by atoms with Gasteiger partial charge in [0.1, 0.15) is 17.4 Å². The monoisotopic (exact) mass is 246 g/mol. The summed E-state index contributed by atoms with van der Waals surface area (Å²) in [4.78, 5) is 4.59. The van der Waals surface area contributed by atoms with E-state index in [1.165, 1.54) is 11.3 Å². The van der Waals surface area contributed by atoms with Crippen LogP contribution >= 0.6 is 11.3 Å². The first kappa shape index (κ1) is 10.3. The fourth-order valence-electron chi connectivity index (χ4n) is 1.70. The molecule has 2 heterocycles. The van der Waals surface area contributed by atoms with Gasteiger partial charge in [-0.05, 0) is 12.1 Å². The van der Waals surface area contributed by atoms with Crippen molar-refractivity contribution in [1.29, 1.82) is 0 Å². The van der Waals surface area contributed by atoms with Gasteiger partial charge in [0.25, 0.3) is 0 Å². The zero-order chi connectivity index (χ0) is 11.8. The van der Waals surface area contributed by atoms with E-state index < -0.39 is 6.10 Å². The Labute approximate surface area is 101 Å². The van der Waals surface area contributed by atoms with Crippen LogP contribution in [0.25, 0.3) is 11.0 Å². The highest BCUT2D eigenvalue weighted by Crippen LogP contribution is 2.31. The van der Waals surface area contributed by atoms with Crippen molar-refractivity contribution in [3.63, 3.8) is 0 Å². The number of benzene rings is 1. The van der Waals surface area contributed by atoms with Gasteiger partial charge in [-0.25, -0.2) is 4.98 Å². The van der Waals surface area contributed by atoms with Crippen LogP contribution < -0.4 is 5.73 Å². The molecule has 3 rings (SSSR count). The summed E-state index contributed by atoms with van der Waals surface area (Å²) in [6.07, 6.45) is 0.759. The average Bonchev–Trinajstić information content (AvgIpc) is 2.93. The first-order valence-corrected chi connectivity index (χ1v) is 5.93. The van der Waals surface area contributed by atoms with Crippen molar-refractivity contribution in [3.8, 4) is 0 Å². The fraction of sp³-hybridized carbons (Fsp3) is 0.0833. The average molecular weight is 246 g/mol. The van der Waals surface area contributed by atoms with E-state index in [1.54, 1.807) is 6.20 Å². The molecular weight excluding hydrogens is 236 g/mol. The molecule has 0 saturated carbocycles. The maximum atomic E-state index is 10.1. The summed E-state index contributed by atoms with van der Waals surface area (Å²) in [6.45, 7) is 0. The molecule has 3 N–H and O–H groups in total. The van der Waals surface area contributed by atoms with E-state index in [0.29, 0.717) is 15.8 Å². The van der Waals surface area contributed by atoms with Crippen LogP contribution in [0.4, 0.5) is 5.13 Å². The molecule has 1 aromatic carbocycles. The summed E-state index contributed by atoms with van der Waals surface area (Å²) in [6, 6.07) is 9.46. The second kappa shape index (κ2) is 3.87. The molecule has 2 aromatic heterocycles. The molecule has 0 spiro atoms. The zero-order valence-corrected chi connectivity index (χ0v) is 9.65. The molecular formula is C12H10N2O2S. The van der Waals surface area contributed by atoms with Crippen LogP contribution in [0.1, 0.15) is 16.7 Å². The summed E-state index contributed by atoms with van der Waals surface area (Å²) in [5.74, 6) is 0.509. The van der Waals surface area contributed by atoms with Crippen molar-refractivity contribution in [2.24, 2.45) is 0 Å². The van der Waals surface area contributed by atoms with E-state index in [-0.39, 0.29) is 0 Å². The normalized spacial score (nSPS) is 13.0. The van der Waals surface area contributed by atoms with E-state index in [9.17, 15) is 5.11 Å². The molecule has 1 unspecified atom stereocenters. The van der Waals surface area contributed by atoms with Crippen molar-refractivity contribution >= 4 is 27.4 Å². The van der Waals surface area contributed by atoms with Crippen LogP contribution in [-0.2, 0) is 0 Å². The van der Waals surface area contributed by atoms with E-state index in [0.717, 1.165) is 11.0 Å². The number of para-hydroxylation sites is 1. The molecule has 4 nitrogen and oxygen atoms in total. The van der Waals surface area contributed by atoms with Gasteiger partial charge in [-0.15, -0.1) is 0 Å². The van der Waals surface area contributed by atoms with E-state index in [1.807, 2.05) is 30.3 Å². The molecule has 0 radical (unpaired) electrons. The third-order valence-electron chi connectivity index (χ3n) is 2.53. The molecule has 0 saturated heterocycles. The van der Waals surface area contributed by atoms with Crippen molar-refractivity contribution in [2.75, 3.05) is 5.73 Å². The van der Waals surface area contributed by atoms with Gasteiger partial charge in [-0.2, -0.15) is 0 Å². The molecule has 0 bridgehead atoms. The second-order valence-corrected chi connectivity index (χ2v) is 4.78. The lowest BCUT2D eigenvalue weighted by Gasteiger charge is -2.02. The summed E-state index contributed by atoms with van der Waals surface area (Å²) >= 11 is 1.26. The summed E-state index contributed by atoms with van der Waals surface area (Å²) in [7, 11) is 0. The Hall–Kier alpha value is -1.85. The number of furan rings is 1. The van der Waals surface area contributed by atoms with Gasteiger partial charge in [0.05, 0.1) is 4.88 Å². The van der Waals surface area contributed by atoms with Gasteiger partial charge < -0.3 is 15.3 Å². The Morgan fingerprint density at radius 1 is 1.35 bits per heavy atom. The number of hydrogen-bond donors (Lipinski definition) is 2. The maximum Gasteiger partial charge on any atom is 0.180 e. The van der Waals surface area contributed by atoms with Gasteiger partial charge in [-0.3, -0.25) is 0 Å². The number of anilines is 1. The number of aliphatic hydroxyl groups is 1. The number of thiazole rings is 1. The van der Waals surface area contributed by atoms with E-state index in [4.69, 9.17) is 10.2 Å². The molecule has 3 aromatic rings. The van der Waals surface area contributed by atoms with Crippen molar-refractivity contribution < 1.29 is 9.52 Å². The SMILES string of the molecule is Nc1ncc(C(O)c2cc3ccccc3o2)s1. The van der Waals surface area contributed by atoms with Crippen LogP contribution in [0.5, 0.6) is 0 Å². The molecule has 0 aliphatic heterocycles. The highest BCUT2D eigenvalue weighted by Gasteiger charge is 2.17. The molecule has 1 atom stereocenters. The Bertz CT molecular complexity index is 626. The number of aliphatic hydroxyl groups excluding tert-OH is 1. The quantitative estimate of drug-likeness (QED) is 0.729. The molecule has 86 valence electrons. The van der Waals surface area contributed by atoms with Crippen LogP contribution in [0, 0.1) is 0 Å². The third kappa shape index (κ3) is 1.79. The van der Waals surface area contributed by atoms with Crippen LogP contribution in [0.3, 0.4) is 0 Å². The van der Waals surface area contributed by atoms with E-state index in [2.05, 4.69) is 4.98 Å². The molecule has 0 aliphatic carbocycles. The number of nitrogens with two attached hydrogens (primary N) is 1. The second-order valence-electron chi connectivity index (χ2n) is 3.69. The molecule has 0 aliphatic rings. The topological polar surface area (TPSA) is 72.3 Å². The Balaban J connectivity index is 2.03. The largest absolute Gasteiger partial charge is 0.458 e. The molecule has 17 heavy (non-hydrogen) atoms. The minimum absolute atomic E-state index is 0.440. The maximum absolute atomic E-state index is 10.1. The number of rotatable bonds is 2. The van der Waals surface area contributed by atoms with Gasteiger partial charge in [0, 0.05) is 11.6 Å². The predicted octanol–water partition coefficient (Wildman–Crippen LogP) is 2.55. The number of aromatic nitrogens is 1. The highest BCUT2D eigenvalue weighted by atomic mass is 32.1. The summed E-state index contributed by atoms with van der Waals surface area (Å²) < 4.78 is 5.58. The van der Waals surface area contributed by atoms with Gasteiger partial charge in [0.2, 0.25) is 0 Å². The number of hydrogen-bond acceptors (Lipinski definition) is 5. The molecule has 0 amide bonds. The number of fused-ring (bicyclic) bond motifs is 1. The molecule has 5 heteroatoms. The highest BCUT2D eigenvalue weighted by molar-refractivity contribution is 7.15. The predicted molar refractivity (Wildman–Crippen MR) is 66.8 cm³/mol. The smallest absolute Gasteiger partial charge is 0.180 e. The van der Waals surface area contributed by atoms with Crippen LogP contribution in [-0.4, -0.2) is 10.1 Å². The minimum Gasteiger partial charge on any atom is -0.458 e. The third-order valence-corrected chi connectivity index (χ3v) is 3.40. The first-order valence-electron chi connectivity index (χ1n) is 5.12. The summed E-state index contributed by atoms with van der Waals surface area (Å²) in [5, 5.41) is 11.5. The lowest BCUT2D eigenvalue weighted by Crippen LogP contribution is -1.94. The van der Waals surface area contributed by atoms with Crippen molar-refractivity contribution in [2.45, 2.75) is 6.10 Å². The standard InChI is InChI=1S/C12H10N2O2S/c13-12-14-6-10(17-12)11(15)9-5-7-3-1-2-4-8(7)16-9/h1-6,11,15H,(H2,13,14). The zero-order valence-electron chi connectivity index (χ0n) is 8.83. The lowest BCUT2D eigenvalue weighted by molar-refractivity contribution is 0.195. The van der Waals surface area contributed by atoms with Gasteiger partial charge in [0.15, 0.2) is 5.13 Å². The van der Waals surface area contributed by atoms with Gasteiger partial charge >= 0.3 is 0 Å². The Kier molecular flexibility index (Phi) is 2.35.